The van der Waals surface area contributed by atoms with Gasteiger partial charge >= 0.3 is 0 Å². The van der Waals surface area contributed by atoms with E-state index >= 15 is 0 Å². The van der Waals surface area contributed by atoms with Crippen LogP contribution in [-0.2, 0) is 0 Å². The van der Waals surface area contributed by atoms with Crippen molar-refractivity contribution in [2.24, 2.45) is 0 Å². The fourth-order valence-electron chi connectivity index (χ4n) is 4.35. The third-order valence-corrected chi connectivity index (χ3v) is 6.93. The van der Waals surface area contributed by atoms with E-state index in [1.807, 2.05) is 109 Å². The van der Waals surface area contributed by atoms with Crippen molar-refractivity contribution in [1.29, 1.82) is 0 Å². The largest absolute Gasteiger partial charge is 0.497 e. The van der Waals surface area contributed by atoms with Crippen LogP contribution in [0, 0.1) is 0 Å². The molecule has 0 aliphatic carbocycles. The number of nitrogens with zero attached hydrogens (tertiary/aromatic N) is 1. The first-order chi connectivity index (χ1) is 19.0. The lowest BCUT2D eigenvalue weighted by Crippen LogP contribution is -2.28. The zero-order valence-electron chi connectivity index (χ0n) is 21.3. The van der Waals surface area contributed by atoms with Gasteiger partial charge in [-0.2, -0.15) is 0 Å². The third-order valence-electron chi connectivity index (χ3n) is 6.43. The zero-order chi connectivity index (χ0) is 27.2. The summed E-state index contributed by atoms with van der Waals surface area (Å²) in [7, 11) is 1.63. The molecule has 0 bridgehead atoms. The summed E-state index contributed by atoms with van der Waals surface area (Å²) < 4.78 is 6.15. The highest BCUT2D eigenvalue weighted by molar-refractivity contribution is 9.10. The van der Waals surface area contributed by atoms with Crippen molar-refractivity contribution in [2.75, 3.05) is 13.7 Å². The summed E-state index contributed by atoms with van der Waals surface area (Å²) in [5.41, 5.74) is 5.71. The number of hydrogen-bond acceptors (Lipinski definition) is 4. The number of carbonyl (C=O) groups excluding carboxylic acids is 1. The maximum atomic E-state index is 13.3. The van der Waals surface area contributed by atoms with Crippen LogP contribution in [0.5, 0.6) is 5.75 Å². The molecule has 5 nitrogen and oxygen atoms in total. The Balaban J connectivity index is 1.35. The molecule has 5 rings (SSSR count). The molecule has 4 aromatic carbocycles. The van der Waals surface area contributed by atoms with Gasteiger partial charge in [-0.3, -0.25) is 4.79 Å². The van der Waals surface area contributed by atoms with Gasteiger partial charge in [-0.15, -0.1) is 0 Å². The SMILES string of the molecule is COc1cccc(/C=C/c2cc(C(=O)NCC(O)c3ccc(-c4ccccc4)cc3)c3cc(Br)ccc3n2)c1. The number of nitrogens with one attached hydrogen (secondary N) is 1. The van der Waals surface area contributed by atoms with E-state index < -0.39 is 6.10 Å². The van der Waals surface area contributed by atoms with Crippen LogP contribution in [0.25, 0.3) is 34.2 Å². The van der Waals surface area contributed by atoms with Gasteiger partial charge in [-0.1, -0.05) is 88.7 Å². The molecule has 1 aromatic heterocycles. The van der Waals surface area contributed by atoms with Gasteiger partial charge < -0.3 is 15.2 Å². The number of carbonyl (C=O) groups is 1. The number of methoxy groups -OCH3 is 1. The Morgan fingerprint density at radius 3 is 2.46 bits per heavy atom. The van der Waals surface area contributed by atoms with Crippen molar-refractivity contribution in [2.45, 2.75) is 6.10 Å². The van der Waals surface area contributed by atoms with Crippen molar-refractivity contribution >= 4 is 44.9 Å². The molecule has 2 N–H and O–H groups in total. The highest BCUT2D eigenvalue weighted by Crippen LogP contribution is 2.25. The summed E-state index contributed by atoms with van der Waals surface area (Å²) in [6.45, 7) is 0.0797. The summed E-state index contributed by atoms with van der Waals surface area (Å²) in [6.07, 6.45) is 2.96. The number of halogens is 1. The van der Waals surface area contributed by atoms with E-state index in [9.17, 15) is 9.90 Å². The molecule has 39 heavy (non-hydrogen) atoms. The van der Waals surface area contributed by atoms with Crippen LogP contribution in [0.4, 0.5) is 0 Å². The van der Waals surface area contributed by atoms with Gasteiger partial charge in [-0.05, 0) is 64.7 Å². The van der Waals surface area contributed by atoms with Crippen molar-refractivity contribution in [3.8, 4) is 16.9 Å². The minimum Gasteiger partial charge on any atom is -0.497 e. The topological polar surface area (TPSA) is 71.5 Å². The van der Waals surface area contributed by atoms with Gasteiger partial charge in [0.1, 0.15) is 5.75 Å². The quantitative estimate of drug-likeness (QED) is 0.202. The van der Waals surface area contributed by atoms with Gasteiger partial charge in [0.25, 0.3) is 5.91 Å². The Hall–Kier alpha value is -4.26. The third kappa shape index (κ3) is 6.42. The minimum atomic E-state index is -0.842. The summed E-state index contributed by atoms with van der Waals surface area (Å²) in [5, 5.41) is 14.4. The van der Waals surface area contributed by atoms with E-state index in [4.69, 9.17) is 9.72 Å². The maximum Gasteiger partial charge on any atom is 0.252 e. The number of aliphatic hydroxyl groups excluding tert-OH is 1. The number of benzene rings is 4. The summed E-state index contributed by atoms with van der Waals surface area (Å²) in [5.74, 6) is 0.485. The van der Waals surface area contributed by atoms with Gasteiger partial charge in [0.15, 0.2) is 0 Å². The van der Waals surface area contributed by atoms with E-state index in [0.717, 1.165) is 37.9 Å². The normalized spacial score (nSPS) is 12.0. The van der Waals surface area contributed by atoms with E-state index in [2.05, 4.69) is 21.2 Å². The molecule has 0 aliphatic heterocycles. The molecule has 6 heteroatoms. The molecule has 0 aliphatic rings. The van der Waals surface area contributed by atoms with E-state index in [1.165, 1.54) is 0 Å². The van der Waals surface area contributed by atoms with E-state index in [1.54, 1.807) is 13.2 Å². The van der Waals surface area contributed by atoms with Crippen LogP contribution in [-0.4, -0.2) is 29.7 Å². The Morgan fingerprint density at radius 2 is 1.69 bits per heavy atom. The smallest absolute Gasteiger partial charge is 0.252 e. The monoisotopic (exact) mass is 578 g/mol. The van der Waals surface area contributed by atoms with Crippen LogP contribution in [0.15, 0.2) is 108 Å². The fourth-order valence-corrected chi connectivity index (χ4v) is 4.71. The predicted octanol–water partition coefficient (Wildman–Crippen LogP) is 7.31. The second kappa shape index (κ2) is 12.1. The molecule has 1 unspecified atom stereocenters. The zero-order valence-corrected chi connectivity index (χ0v) is 22.9. The lowest BCUT2D eigenvalue weighted by Gasteiger charge is -2.14. The molecular formula is C33H27BrN2O3. The maximum absolute atomic E-state index is 13.3. The molecule has 5 aromatic rings. The number of pyridine rings is 1. The Bertz CT molecular complexity index is 1630. The summed E-state index contributed by atoms with van der Waals surface area (Å²) >= 11 is 3.50. The number of fused-ring (bicyclic) bond motifs is 1. The predicted molar refractivity (Wildman–Crippen MR) is 161 cm³/mol. The average Bonchev–Trinajstić information content (AvgIpc) is 2.99. The van der Waals surface area contributed by atoms with E-state index in [0.29, 0.717) is 16.8 Å². The van der Waals surface area contributed by atoms with Crippen LogP contribution < -0.4 is 10.1 Å². The van der Waals surface area contributed by atoms with Crippen molar-refractivity contribution in [1.82, 2.24) is 10.3 Å². The molecule has 0 radical (unpaired) electrons. The summed E-state index contributed by atoms with van der Waals surface area (Å²) in [4.78, 5) is 18.1. The van der Waals surface area contributed by atoms with Gasteiger partial charge in [-0.25, -0.2) is 4.98 Å². The fraction of sp³-hybridized carbons (Fsp3) is 0.0909. The van der Waals surface area contributed by atoms with Crippen molar-refractivity contribution < 1.29 is 14.6 Å². The molecular weight excluding hydrogens is 552 g/mol. The lowest BCUT2D eigenvalue weighted by atomic mass is 10.0. The minimum absolute atomic E-state index is 0.0797. The number of aromatic nitrogens is 1. The van der Waals surface area contributed by atoms with Crippen molar-refractivity contribution in [3.63, 3.8) is 0 Å². The first-order valence-electron chi connectivity index (χ1n) is 12.5. The molecule has 194 valence electrons. The molecule has 1 heterocycles. The van der Waals surface area contributed by atoms with Crippen LogP contribution >= 0.6 is 15.9 Å². The molecule has 0 saturated carbocycles. The first kappa shape index (κ1) is 26.4. The molecule has 0 fully saturated rings. The highest BCUT2D eigenvalue weighted by atomic mass is 79.9. The molecule has 0 spiro atoms. The Kier molecular flexibility index (Phi) is 8.16. The van der Waals surface area contributed by atoms with Gasteiger partial charge in [0.05, 0.1) is 30.0 Å². The highest BCUT2D eigenvalue weighted by Gasteiger charge is 2.15. The second-order valence-electron chi connectivity index (χ2n) is 9.08. The number of aliphatic hydroxyl groups is 1. The molecule has 1 atom stereocenters. The Morgan fingerprint density at radius 1 is 0.923 bits per heavy atom. The number of ether oxygens (including phenoxy) is 1. The number of hydrogen-bond donors (Lipinski definition) is 2. The average molecular weight is 579 g/mol. The van der Waals surface area contributed by atoms with Crippen LogP contribution in [0.1, 0.15) is 33.3 Å². The number of amides is 1. The van der Waals surface area contributed by atoms with Gasteiger partial charge in [0, 0.05) is 16.4 Å². The molecule has 0 saturated heterocycles. The standard InChI is InChI=1S/C33H27BrN2O3/c1-39-28-9-5-6-22(18-28)10-16-27-20-30(29-19-26(34)15-17-31(29)36-27)33(38)35-21-32(37)25-13-11-24(12-14-25)23-7-3-2-4-8-23/h2-20,32,37H,21H2,1H3,(H,35,38)/b16-10+. The first-order valence-corrected chi connectivity index (χ1v) is 13.3. The summed E-state index contributed by atoms with van der Waals surface area (Å²) in [6, 6.07) is 32.9. The van der Waals surface area contributed by atoms with Crippen LogP contribution in [0.2, 0.25) is 0 Å². The number of rotatable bonds is 8. The van der Waals surface area contributed by atoms with Crippen LogP contribution in [0.3, 0.4) is 0 Å². The second-order valence-corrected chi connectivity index (χ2v) is 10.00. The lowest BCUT2D eigenvalue weighted by molar-refractivity contribution is 0.0918. The van der Waals surface area contributed by atoms with Crippen molar-refractivity contribution in [3.05, 3.63) is 130 Å². The molecule has 1 amide bonds. The Labute approximate surface area is 235 Å². The van der Waals surface area contributed by atoms with Gasteiger partial charge in [0.2, 0.25) is 0 Å². The van der Waals surface area contributed by atoms with E-state index in [-0.39, 0.29) is 12.5 Å².